The first kappa shape index (κ1) is 16.0. The summed E-state index contributed by atoms with van der Waals surface area (Å²) in [5, 5.41) is 8.06. The molecule has 0 atom stereocenters. The van der Waals surface area contributed by atoms with Gasteiger partial charge in [-0.1, -0.05) is 0 Å². The van der Waals surface area contributed by atoms with Gasteiger partial charge in [0.1, 0.15) is 0 Å². The molecular formula is C4H11OZn-. The Morgan fingerprint density at radius 2 is 1.33 bits per heavy atom. The van der Waals surface area contributed by atoms with Crippen LogP contribution in [0.25, 0.3) is 0 Å². The molecule has 0 rings (SSSR count). The van der Waals surface area contributed by atoms with Crippen LogP contribution in [0.4, 0.5) is 0 Å². The van der Waals surface area contributed by atoms with Crippen LogP contribution in [0.2, 0.25) is 0 Å². The SMILES string of the molecule is CC(C)O.[CH3-].[Zn]. The molecule has 1 N–H and O–H groups in total. The van der Waals surface area contributed by atoms with Crippen LogP contribution in [0, 0.1) is 7.43 Å². The number of hydrogen-bond acceptors (Lipinski definition) is 1. The van der Waals surface area contributed by atoms with E-state index >= 15 is 0 Å². The van der Waals surface area contributed by atoms with Crippen molar-refractivity contribution < 1.29 is 24.6 Å². The molecule has 0 aliphatic carbocycles. The first-order chi connectivity index (χ1) is 1.73. The van der Waals surface area contributed by atoms with E-state index in [0.717, 1.165) is 0 Å². The van der Waals surface area contributed by atoms with Gasteiger partial charge in [0.2, 0.25) is 0 Å². The van der Waals surface area contributed by atoms with Crippen molar-refractivity contribution >= 4 is 0 Å². The van der Waals surface area contributed by atoms with Crippen LogP contribution in [0.15, 0.2) is 0 Å². The van der Waals surface area contributed by atoms with Gasteiger partial charge in [-0.25, -0.2) is 0 Å². The van der Waals surface area contributed by atoms with E-state index in [4.69, 9.17) is 5.11 Å². The zero-order valence-electron chi connectivity index (χ0n) is 4.73. The minimum atomic E-state index is -0.167. The minimum absolute atomic E-state index is 0. The van der Waals surface area contributed by atoms with Crippen molar-refractivity contribution in [1.29, 1.82) is 0 Å². The number of hydrogen-bond donors (Lipinski definition) is 1. The fraction of sp³-hybridized carbons (Fsp3) is 0.750. The van der Waals surface area contributed by atoms with Crippen molar-refractivity contribution in [3.8, 4) is 0 Å². The van der Waals surface area contributed by atoms with Gasteiger partial charge < -0.3 is 12.5 Å². The van der Waals surface area contributed by atoms with Crippen LogP contribution in [0.3, 0.4) is 0 Å². The largest absolute Gasteiger partial charge is 0.394 e. The molecule has 0 aromatic carbocycles. The van der Waals surface area contributed by atoms with Crippen LogP contribution in [-0.4, -0.2) is 11.2 Å². The smallest absolute Gasteiger partial charge is 0.0483 e. The molecule has 0 aliphatic heterocycles. The Bertz CT molecular complexity index is 12.3. The van der Waals surface area contributed by atoms with Crippen LogP contribution in [-0.2, 0) is 19.5 Å². The van der Waals surface area contributed by atoms with Crippen molar-refractivity contribution in [1.82, 2.24) is 0 Å². The normalized spacial score (nSPS) is 6.00. The van der Waals surface area contributed by atoms with E-state index in [1.54, 1.807) is 13.8 Å². The first-order valence-corrected chi connectivity index (χ1v) is 1.41. The molecule has 0 amide bonds. The zero-order valence-corrected chi connectivity index (χ0v) is 7.70. The van der Waals surface area contributed by atoms with Gasteiger partial charge in [-0.2, -0.15) is 0 Å². The predicted octanol–water partition coefficient (Wildman–Crippen LogP) is 0.835. The molecule has 0 radical (unpaired) electrons. The van der Waals surface area contributed by atoms with Crippen molar-refractivity contribution in [2.45, 2.75) is 20.0 Å². The molecule has 0 aromatic heterocycles. The van der Waals surface area contributed by atoms with Gasteiger partial charge in [-0.15, -0.1) is 0 Å². The Labute approximate surface area is 52.5 Å². The molecule has 0 saturated heterocycles. The van der Waals surface area contributed by atoms with Crippen LogP contribution < -0.4 is 0 Å². The van der Waals surface area contributed by atoms with Gasteiger partial charge in [0, 0.05) is 25.6 Å². The summed E-state index contributed by atoms with van der Waals surface area (Å²) >= 11 is 0. The van der Waals surface area contributed by atoms with E-state index in [1.807, 2.05) is 0 Å². The van der Waals surface area contributed by atoms with Gasteiger partial charge in [0.15, 0.2) is 0 Å². The van der Waals surface area contributed by atoms with Crippen LogP contribution >= 0.6 is 0 Å². The van der Waals surface area contributed by atoms with Crippen LogP contribution in [0.1, 0.15) is 13.8 Å². The summed E-state index contributed by atoms with van der Waals surface area (Å²) in [6, 6.07) is 0. The average Bonchev–Trinajstić information content (AvgIpc) is 0.811. The van der Waals surface area contributed by atoms with Crippen molar-refractivity contribution in [2.24, 2.45) is 0 Å². The van der Waals surface area contributed by atoms with Gasteiger partial charge in [0.25, 0.3) is 0 Å². The molecule has 0 aromatic rings. The van der Waals surface area contributed by atoms with Gasteiger partial charge >= 0.3 is 0 Å². The summed E-state index contributed by atoms with van der Waals surface area (Å²) < 4.78 is 0. The number of rotatable bonds is 0. The maximum absolute atomic E-state index is 8.06. The summed E-state index contributed by atoms with van der Waals surface area (Å²) in [6.07, 6.45) is -0.167. The molecule has 6 heavy (non-hydrogen) atoms. The second kappa shape index (κ2) is 9.13. The number of aliphatic hydroxyl groups is 1. The maximum atomic E-state index is 8.06. The summed E-state index contributed by atoms with van der Waals surface area (Å²) in [5.74, 6) is 0. The predicted molar refractivity (Wildman–Crippen MR) is 23.8 cm³/mol. The van der Waals surface area contributed by atoms with Crippen molar-refractivity contribution in [2.75, 3.05) is 0 Å². The van der Waals surface area contributed by atoms with E-state index in [9.17, 15) is 0 Å². The van der Waals surface area contributed by atoms with Gasteiger partial charge in [-0.05, 0) is 13.8 Å². The molecule has 0 heterocycles. The summed E-state index contributed by atoms with van der Waals surface area (Å²) in [4.78, 5) is 0. The molecule has 0 spiro atoms. The van der Waals surface area contributed by atoms with Gasteiger partial charge in [-0.3, -0.25) is 0 Å². The Balaban J connectivity index is -0.0000000450. The molecule has 0 fully saturated rings. The monoisotopic (exact) mass is 139 g/mol. The van der Waals surface area contributed by atoms with Crippen molar-refractivity contribution in [3.63, 3.8) is 0 Å². The second-order valence-corrected chi connectivity index (χ2v) is 1.09. The molecular weight excluding hydrogens is 129 g/mol. The van der Waals surface area contributed by atoms with Crippen molar-refractivity contribution in [3.05, 3.63) is 7.43 Å². The quantitative estimate of drug-likeness (QED) is 0.391. The number of aliphatic hydroxyl groups excluding tert-OH is 1. The molecule has 0 saturated carbocycles. The Kier molecular flexibility index (Phi) is 24.3. The Morgan fingerprint density at radius 3 is 1.33 bits per heavy atom. The van der Waals surface area contributed by atoms with Crippen LogP contribution in [0.5, 0.6) is 0 Å². The topological polar surface area (TPSA) is 20.2 Å². The summed E-state index contributed by atoms with van der Waals surface area (Å²) in [5.41, 5.74) is 0. The zero-order chi connectivity index (χ0) is 3.58. The molecule has 0 aliphatic rings. The van der Waals surface area contributed by atoms with E-state index in [1.165, 1.54) is 0 Å². The third-order valence-corrected chi connectivity index (χ3v) is 0. The molecule has 0 unspecified atom stereocenters. The fourth-order valence-corrected chi connectivity index (χ4v) is 0. The minimum Gasteiger partial charge on any atom is -0.394 e. The third kappa shape index (κ3) is 173. The van der Waals surface area contributed by atoms with Gasteiger partial charge in [0.05, 0.1) is 0 Å². The molecule has 2 heteroatoms. The van der Waals surface area contributed by atoms with E-state index in [-0.39, 0.29) is 33.0 Å². The van der Waals surface area contributed by atoms with E-state index < -0.39 is 0 Å². The standard InChI is InChI=1S/C3H8O.CH3.Zn/c1-3(2)4;;/h3-4H,1-2H3;1H3;/q;-1;. The molecule has 36 valence electrons. The second-order valence-electron chi connectivity index (χ2n) is 1.09. The molecule has 0 bridgehead atoms. The third-order valence-electron chi connectivity index (χ3n) is 0. The Morgan fingerprint density at radius 1 is 1.33 bits per heavy atom. The fourth-order valence-electron chi connectivity index (χ4n) is 0. The molecule has 1 nitrogen and oxygen atoms in total. The summed E-state index contributed by atoms with van der Waals surface area (Å²) in [6.45, 7) is 3.44. The van der Waals surface area contributed by atoms with E-state index in [2.05, 4.69) is 0 Å². The Hall–Kier alpha value is 0.583. The first-order valence-electron chi connectivity index (χ1n) is 1.41. The summed E-state index contributed by atoms with van der Waals surface area (Å²) in [7, 11) is 0. The maximum Gasteiger partial charge on any atom is 0.0483 e. The van der Waals surface area contributed by atoms with E-state index in [0.29, 0.717) is 0 Å². The average molecular weight is 141 g/mol.